The van der Waals surface area contributed by atoms with E-state index in [0.29, 0.717) is 35.6 Å². The van der Waals surface area contributed by atoms with Crippen molar-refractivity contribution in [1.29, 1.82) is 0 Å². The Morgan fingerprint density at radius 2 is 1.94 bits per heavy atom. The van der Waals surface area contributed by atoms with Gasteiger partial charge in [-0.2, -0.15) is 0 Å². The first kappa shape index (κ1) is 13.6. The van der Waals surface area contributed by atoms with Crippen molar-refractivity contribution >= 4 is 23.2 Å². The summed E-state index contributed by atoms with van der Waals surface area (Å²) in [7, 11) is 0. The van der Waals surface area contributed by atoms with E-state index in [1.54, 1.807) is 18.2 Å². The molecule has 16 heavy (non-hydrogen) atoms. The zero-order valence-electron chi connectivity index (χ0n) is 9.08. The standard InChI is InChI=1S/C11H15Cl2NO2/c1-2-15-8(6-14)7-16-11-9(12)4-3-5-10(11)13/h3-5,8H,2,6-7,14H2,1H3. The molecule has 1 atom stereocenters. The molecule has 0 saturated heterocycles. The summed E-state index contributed by atoms with van der Waals surface area (Å²) in [4.78, 5) is 0. The molecule has 2 N–H and O–H groups in total. The molecule has 1 aromatic rings. The maximum atomic E-state index is 5.95. The van der Waals surface area contributed by atoms with E-state index in [-0.39, 0.29) is 6.10 Å². The van der Waals surface area contributed by atoms with Crippen LogP contribution in [0, 0.1) is 0 Å². The maximum Gasteiger partial charge on any atom is 0.156 e. The molecule has 0 aromatic heterocycles. The molecule has 1 rings (SSSR count). The highest BCUT2D eigenvalue weighted by atomic mass is 35.5. The van der Waals surface area contributed by atoms with E-state index in [0.717, 1.165) is 0 Å². The second-order valence-electron chi connectivity index (χ2n) is 3.17. The van der Waals surface area contributed by atoms with Crippen molar-refractivity contribution in [3.63, 3.8) is 0 Å². The van der Waals surface area contributed by atoms with Gasteiger partial charge in [0, 0.05) is 13.2 Å². The van der Waals surface area contributed by atoms with Gasteiger partial charge in [0.1, 0.15) is 12.7 Å². The van der Waals surface area contributed by atoms with E-state index < -0.39 is 0 Å². The van der Waals surface area contributed by atoms with Crippen molar-refractivity contribution in [2.75, 3.05) is 19.8 Å². The molecule has 5 heteroatoms. The smallest absolute Gasteiger partial charge is 0.156 e. The molecule has 0 aliphatic rings. The second-order valence-corrected chi connectivity index (χ2v) is 3.99. The van der Waals surface area contributed by atoms with Gasteiger partial charge in [0.05, 0.1) is 10.0 Å². The third-order valence-corrected chi connectivity index (χ3v) is 2.59. The molecule has 1 aromatic carbocycles. The van der Waals surface area contributed by atoms with Gasteiger partial charge in [-0.25, -0.2) is 0 Å². The topological polar surface area (TPSA) is 44.5 Å². The number of ether oxygens (including phenoxy) is 2. The summed E-state index contributed by atoms with van der Waals surface area (Å²) < 4.78 is 10.9. The summed E-state index contributed by atoms with van der Waals surface area (Å²) in [5.41, 5.74) is 5.53. The molecule has 3 nitrogen and oxygen atoms in total. The van der Waals surface area contributed by atoms with Crippen LogP contribution >= 0.6 is 23.2 Å². The van der Waals surface area contributed by atoms with Crippen LogP contribution in [0.3, 0.4) is 0 Å². The van der Waals surface area contributed by atoms with Gasteiger partial charge in [-0.05, 0) is 19.1 Å². The highest BCUT2D eigenvalue weighted by Gasteiger charge is 2.11. The largest absolute Gasteiger partial charge is 0.488 e. The van der Waals surface area contributed by atoms with Gasteiger partial charge in [-0.1, -0.05) is 29.3 Å². The number of nitrogens with two attached hydrogens (primary N) is 1. The number of rotatable bonds is 6. The summed E-state index contributed by atoms with van der Waals surface area (Å²) in [6, 6.07) is 5.21. The van der Waals surface area contributed by atoms with Crippen molar-refractivity contribution in [3.05, 3.63) is 28.2 Å². The Kier molecular flexibility index (Phi) is 5.91. The van der Waals surface area contributed by atoms with Crippen LogP contribution in [0.2, 0.25) is 10.0 Å². The third kappa shape index (κ3) is 3.83. The molecule has 0 radical (unpaired) electrons. The highest BCUT2D eigenvalue weighted by molar-refractivity contribution is 6.37. The lowest BCUT2D eigenvalue weighted by Crippen LogP contribution is -2.30. The first-order valence-electron chi connectivity index (χ1n) is 5.07. The summed E-state index contributed by atoms with van der Waals surface area (Å²) in [6.07, 6.45) is -0.141. The Morgan fingerprint density at radius 3 is 2.44 bits per heavy atom. The van der Waals surface area contributed by atoms with Gasteiger partial charge in [0.15, 0.2) is 5.75 Å². The molecular formula is C11H15Cl2NO2. The first-order valence-corrected chi connectivity index (χ1v) is 5.83. The minimum atomic E-state index is -0.141. The van der Waals surface area contributed by atoms with Crippen LogP contribution in [0.15, 0.2) is 18.2 Å². The molecule has 0 saturated carbocycles. The van der Waals surface area contributed by atoms with Crippen molar-refractivity contribution < 1.29 is 9.47 Å². The Morgan fingerprint density at radius 1 is 1.31 bits per heavy atom. The third-order valence-electron chi connectivity index (χ3n) is 2.00. The molecule has 1 unspecified atom stereocenters. The molecule has 0 fully saturated rings. The van der Waals surface area contributed by atoms with Crippen LogP contribution in [0.4, 0.5) is 0 Å². The summed E-state index contributed by atoms with van der Waals surface area (Å²) in [5, 5.41) is 0.972. The predicted molar refractivity (Wildman–Crippen MR) is 66.4 cm³/mol. The lowest BCUT2D eigenvalue weighted by molar-refractivity contribution is 0.0337. The molecule has 0 amide bonds. The van der Waals surface area contributed by atoms with Gasteiger partial charge in [0.2, 0.25) is 0 Å². The zero-order chi connectivity index (χ0) is 12.0. The summed E-state index contributed by atoms with van der Waals surface area (Å²) in [6.45, 7) is 3.25. The minimum Gasteiger partial charge on any atom is -0.488 e. The summed E-state index contributed by atoms with van der Waals surface area (Å²) in [5.74, 6) is 0.476. The fourth-order valence-corrected chi connectivity index (χ4v) is 1.72. The molecule has 0 aliphatic heterocycles. The number of hydrogen-bond donors (Lipinski definition) is 1. The average molecular weight is 264 g/mol. The van der Waals surface area contributed by atoms with Crippen LogP contribution in [0.5, 0.6) is 5.75 Å². The Bertz CT molecular complexity index is 314. The lowest BCUT2D eigenvalue weighted by Gasteiger charge is -2.16. The lowest BCUT2D eigenvalue weighted by atomic mass is 10.3. The van der Waals surface area contributed by atoms with Gasteiger partial charge in [0.25, 0.3) is 0 Å². The highest BCUT2D eigenvalue weighted by Crippen LogP contribution is 2.32. The van der Waals surface area contributed by atoms with E-state index in [1.807, 2.05) is 6.92 Å². The van der Waals surface area contributed by atoms with Crippen molar-refractivity contribution in [1.82, 2.24) is 0 Å². The number of hydrogen-bond acceptors (Lipinski definition) is 3. The molecule has 0 heterocycles. The van der Waals surface area contributed by atoms with Crippen molar-refractivity contribution in [2.45, 2.75) is 13.0 Å². The van der Waals surface area contributed by atoms with Gasteiger partial charge in [-0.15, -0.1) is 0 Å². The molecule has 0 bridgehead atoms. The predicted octanol–water partition coefficient (Wildman–Crippen LogP) is 2.74. The monoisotopic (exact) mass is 263 g/mol. The normalized spacial score (nSPS) is 12.5. The molecule has 90 valence electrons. The maximum absolute atomic E-state index is 5.95. The quantitative estimate of drug-likeness (QED) is 0.859. The SMILES string of the molecule is CCOC(CN)COc1c(Cl)cccc1Cl. The van der Waals surface area contributed by atoms with Gasteiger partial charge in [-0.3, -0.25) is 0 Å². The van der Waals surface area contributed by atoms with E-state index in [9.17, 15) is 0 Å². The molecule has 0 aliphatic carbocycles. The van der Waals surface area contributed by atoms with Gasteiger partial charge < -0.3 is 15.2 Å². The minimum absolute atomic E-state index is 0.141. The van der Waals surface area contributed by atoms with E-state index in [4.69, 9.17) is 38.4 Å². The zero-order valence-corrected chi connectivity index (χ0v) is 10.6. The van der Waals surface area contributed by atoms with Crippen LogP contribution in [0.25, 0.3) is 0 Å². The first-order chi connectivity index (χ1) is 7.69. The second kappa shape index (κ2) is 6.97. The van der Waals surface area contributed by atoms with Crippen LogP contribution in [-0.2, 0) is 4.74 Å². The fourth-order valence-electron chi connectivity index (χ4n) is 1.22. The summed E-state index contributed by atoms with van der Waals surface area (Å²) >= 11 is 11.9. The van der Waals surface area contributed by atoms with Gasteiger partial charge >= 0.3 is 0 Å². The van der Waals surface area contributed by atoms with Crippen LogP contribution < -0.4 is 10.5 Å². The number of halogens is 2. The van der Waals surface area contributed by atoms with Crippen molar-refractivity contribution in [3.8, 4) is 5.75 Å². The number of benzene rings is 1. The van der Waals surface area contributed by atoms with Crippen molar-refractivity contribution in [2.24, 2.45) is 5.73 Å². The van der Waals surface area contributed by atoms with E-state index in [2.05, 4.69) is 0 Å². The van der Waals surface area contributed by atoms with E-state index >= 15 is 0 Å². The van der Waals surface area contributed by atoms with E-state index in [1.165, 1.54) is 0 Å². The number of para-hydroxylation sites is 1. The van der Waals surface area contributed by atoms with Crippen LogP contribution in [-0.4, -0.2) is 25.9 Å². The Labute approximate surface area is 105 Å². The Balaban J connectivity index is 2.59. The fraction of sp³-hybridized carbons (Fsp3) is 0.455. The Hall–Kier alpha value is -0.480. The van der Waals surface area contributed by atoms with Crippen LogP contribution in [0.1, 0.15) is 6.92 Å². The average Bonchev–Trinajstić information content (AvgIpc) is 2.27. The molecule has 0 spiro atoms. The molecular weight excluding hydrogens is 249 g/mol.